The molecule has 0 spiro atoms. The first kappa shape index (κ1) is 19.7. The Morgan fingerprint density at radius 1 is 1.20 bits per heavy atom. The van der Waals surface area contributed by atoms with E-state index in [1.807, 2.05) is 19.1 Å². The fourth-order valence-electron chi connectivity index (χ4n) is 2.96. The Balaban J connectivity index is 1.96. The molecular weight excluding hydrogens is 342 g/mol. The predicted octanol–water partition coefficient (Wildman–Crippen LogP) is 1.70. The summed E-state index contributed by atoms with van der Waals surface area (Å²) in [4.78, 5) is 28.3. The molecule has 1 aliphatic rings. The molecule has 0 saturated carbocycles. The summed E-state index contributed by atoms with van der Waals surface area (Å²) in [6.07, 6.45) is 0.932. The molecule has 1 fully saturated rings. The van der Waals surface area contributed by atoms with Gasteiger partial charge >= 0.3 is 5.97 Å². The van der Waals surface area contributed by atoms with Gasteiger partial charge in [0.15, 0.2) is 0 Å². The van der Waals surface area contributed by atoms with E-state index in [2.05, 4.69) is 15.1 Å². The Labute approximate surface area is 154 Å². The predicted molar refractivity (Wildman–Crippen MR) is 97.5 cm³/mol. The first-order valence-electron chi connectivity index (χ1n) is 8.61. The zero-order valence-electron chi connectivity index (χ0n) is 14.8. The first-order valence-corrected chi connectivity index (χ1v) is 8.99. The molecule has 0 aliphatic carbocycles. The summed E-state index contributed by atoms with van der Waals surface area (Å²) in [5, 5.41) is 3.53. The van der Waals surface area contributed by atoms with Gasteiger partial charge in [-0.25, -0.2) is 4.79 Å². The van der Waals surface area contributed by atoms with Crippen molar-refractivity contribution in [3.05, 3.63) is 34.9 Å². The summed E-state index contributed by atoms with van der Waals surface area (Å²) < 4.78 is 4.99. The minimum absolute atomic E-state index is 0.0533. The van der Waals surface area contributed by atoms with Gasteiger partial charge < -0.3 is 10.1 Å². The van der Waals surface area contributed by atoms with Gasteiger partial charge in [0.25, 0.3) is 0 Å². The molecule has 1 heterocycles. The standard InChI is InChI=1S/C18H26ClN3O3/c1-3-8-20-16(23)13-21-9-11-22(12-10-21)17(18(24)25-2)14-4-6-15(19)7-5-14/h4-7,17H,3,8-13H2,1-2H3,(H,20,23). The van der Waals surface area contributed by atoms with Gasteiger partial charge in [0, 0.05) is 37.7 Å². The van der Waals surface area contributed by atoms with Gasteiger partial charge in [0.1, 0.15) is 6.04 Å². The average molecular weight is 368 g/mol. The molecule has 7 heteroatoms. The van der Waals surface area contributed by atoms with E-state index in [1.54, 1.807) is 12.1 Å². The van der Waals surface area contributed by atoms with Crippen molar-refractivity contribution in [3.8, 4) is 0 Å². The summed E-state index contributed by atoms with van der Waals surface area (Å²) in [6.45, 7) is 6.01. The van der Waals surface area contributed by atoms with Crippen LogP contribution in [0.1, 0.15) is 24.9 Å². The van der Waals surface area contributed by atoms with Crippen molar-refractivity contribution in [2.75, 3.05) is 46.4 Å². The quantitative estimate of drug-likeness (QED) is 0.743. The molecule has 6 nitrogen and oxygen atoms in total. The molecular formula is C18H26ClN3O3. The number of amides is 1. The second kappa shape index (κ2) is 9.75. The molecule has 1 aliphatic heterocycles. The molecule has 25 heavy (non-hydrogen) atoms. The molecule has 1 atom stereocenters. The van der Waals surface area contributed by atoms with E-state index in [1.165, 1.54) is 7.11 Å². The van der Waals surface area contributed by atoms with E-state index in [0.29, 0.717) is 31.2 Å². The number of nitrogens with one attached hydrogen (secondary N) is 1. The maximum Gasteiger partial charge on any atom is 0.327 e. The lowest BCUT2D eigenvalue weighted by molar-refractivity contribution is -0.148. The van der Waals surface area contributed by atoms with Crippen molar-refractivity contribution in [1.82, 2.24) is 15.1 Å². The summed E-state index contributed by atoms with van der Waals surface area (Å²) in [6, 6.07) is 6.82. The highest BCUT2D eigenvalue weighted by Crippen LogP contribution is 2.25. The number of ether oxygens (including phenoxy) is 1. The molecule has 2 rings (SSSR count). The van der Waals surface area contributed by atoms with Crippen molar-refractivity contribution in [2.45, 2.75) is 19.4 Å². The average Bonchev–Trinajstić information content (AvgIpc) is 2.63. The van der Waals surface area contributed by atoms with Gasteiger partial charge in [0.05, 0.1) is 13.7 Å². The second-order valence-electron chi connectivity index (χ2n) is 6.14. The SMILES string of the molecule is CCCNC(=O)CN1CCN(C(C(=O)OC)c2ccc(Cl)cc2)CC1. The lowest BCUT2D eigenvalue weighted by Gasteiger charge is -2.38. The number of methoxy groups -OCH3 is 1. The van der Waals surface area contributed by atoms with Crippen molar-refractivity contribution in [2.24, 2.45) is 0 Å². The number of carbonyl (C=O) groups excluding carboxylic acids is 2. The summed E-state index contributed by atoms with van der Waals surface area (Å²) in [5.41, 5.74) is 0.866. The van der Waals surface area contributed by atoms with Crippen LogP contribution in [-0.4, -0.2) is 68.1 Å². The van der Waals surface area contributed by atoms with Crippen LogP contribution in [0.3, 0.4) is 0 Å². The highest BCUT2D eigenvalue weighted by Gasteiger charge is 2.31. The van der Waals surface area contributed by atoms with Crippen LogP contribution in [0.25, 0.3) is 0 Å². The van der Waals surface area contributed by atoms with Gasteiger partial charge in [-0.1, -0.05) is 30.7 Å². The highest BCUT2D eigenvalue weighted by molar-refractivity contribution is 6.30. The van der Waals surface area contributed by atoms with Crippen LogP contribution in [-0.2, 0) is 14.3 Å². The van der Waals surface area contributed by atoms with Crippen LogP contribution in [0.4, 0.5) is 0 Å². The lowest BCUT2D eigenvalue weighted by atomic mass is 10.0. The number of nitrogens with zero attached hydrogens (tertiary/aromatic N) is 2. The molecule has 0 radical (unpaired) electrons. The fourth-order valence-corrected chi connectivity index (χ4v) is 3.08. The molecule has 1 aromatic carbocycles. The van der Waals surface area contributed by atoms with E-state index in [4.69, 9.17) is 16.3 Å². The van der Waals surface area contributed by atoms with Gasteiger partial charge in [-0.05, 0) is 24.1 Å². The van der Waals surface area contributed by atoms with Crippen molar-refractivity contribution in [1.29, 1.82) is 0 Å². The Kier molecular flexibility index (Phi) is 7.68. The zero-order valence-corrected chi connectivity index (χ0v) is 15.6. The Morgan fingerprint density at radius 3 is 2.40 bits per heavy atom. The van der Waals surface area contributed by atoms with Crippen molar-refractivity contribution < 1.29 is 14.3 Å². The minimum atomic E-state index is -0.446. The molecule has 1 amide bonds. The number of hydrogen-bond donors (Lipinski definition) is 1. The lowest BCUT2D eigenvalue weighted by Crippen LogP contribution is -2.51. The van der Waals surface area contributed by atoms with Crippen LogP contribution in [0.5, 0.6) is 0 Å². The number of hydrogen-bond acceptors (Lipinski definition) is 5. The molecule has 0 bridgehead atoms. The molecule has 1 N–H and O–H groups in total. The Bertz CT molecular complexity index is 571. The van der Waals surface area contributed by atoms with Gasteiger partial charge in [-0.3, -0.25) is 14.6 Å². The summed E-state index contributed by atoms with van der Waals surface area (Å²) >= 11 is 5.94. The van der Waals surface area contributed by atoms with E-state index in [-0.39, 0.29) is 11.9 Å². The number of halogens is 1. The third-order valence-electron chi connectivity index (χ3n) is 4.32. The van der Waals surface area contributed by atoms with Crippen LogP contribution >= 0.6 is 11.6 Å². The third-order valence-corrected chi connectivity index (χ3v) is 4.57. The number of piperazine rings is 1. The monoisotopic (exact) mass is 367 g/mol. The molecule has 0 aromatic heterocycles. The molecule has 138 valence electrons. The van der Waals surface area contributed by atoms with Crippen LogP contribution < -0.4 is 5.32 Å². The Hall–Kier alpha value is -1.63. The Morgan fingerprint density at radius 2 is 1.84 bits per heavy atom. The van der Waals surface area contributed by atoms with Gasteiger partial charge in [-0.2, -0.15) is 0 Å². The highest BCUT2D eigenvalue weighted by atomic mass is 35.5. The summed E-state index contributed by atoms with van der Waals surface area (Å²) in [7, 11) is 1.40. The molecule has 1 saturated heterocycles. The third kappa shape index (κ3) is 5.70. The fraction of sp³-hybridized carbons (Fsp3) is 0.556. The minimum Gasteiger partial charge on any atom is -0.468 e. The number of rotatable bonds is 7. The first-order chi connectivity index (χ1) is 12.0. The maximum absolute atomic E-state index is 12.3. The van der Waals surface area contributed by atoms with Crippen molar-refractivity contribution >= 4 is 23.5 Å². The van der Waals surface area contributed by atoms with E-state index < -0.39 is 6.04 Å². The van der Waals surface area contributed by atoms with Gasteiger partial charge in [0.2, 0.25) is 5.91 Å². The van der Waals surface area contributed by atoms with Crippen LogP contribution in [0, 0.1) is 0 Å². The topological polar surface area (TPSA) is 61.9 Å². The number of esters is 1. The van der Waals surface area contributed by atoms with Crippen LogP contribution in [0.15, 0.2) is 24.3 Å². The van der Waals surface area contributed by atoms with Crippen molar-refractivity contribution in [3.63, 3.8) is 0 Å². The maximum atomic E-state index is 12.3. The van der Waals surface area contributed by atoms with E-state index in [0.717, 1.165) is 25.1 Å². The number of benzene rings is 1. The van der Waals surface area contributed by atoms with E-state index >= 15 is 0 Å². The van der Waals surface area contributed by atoms with Gasteiger partial charge in [-0.15, -0.1) is 0 Å². The normalized spacial score (nSPS) is 17.1. The summed E-state index contributed by atoms with van der Waals surface area (Å²) in [5.74, 6) is -0.228. The molecule has 1 unspecified atom stereocenters. The zero-order chi connectivity index (χ0) is 18.2. The smallest absolute Gasteiger partial charge is 0.327 e. The largest absolute Gasteiger partial charge is 0.468 e. The number of carbonyl (C=O) groups is 2. The van der Waals surface area contributed by atoms with E-state index in [9.17, 15) is 9.59 Å². The van der Waals surface area contributed by atoms with Crippen LogP contribution in [0.2, 0.25) is 5.02 Å². The molecule has 1 aromatic rings. The second-order valence-corrected chi connectivity index (χ2v) is 6.58.